The molecule has 2 heterocycles. The first-order valence-electron chi connectivity index (χ1n) is 5.29. The van der Waals surface area contributed by atoms with Crippen molar-refractivity contribution in [2.45, 2.75) is 20.0 Å². The molecule has 1 unspecified atom stereocenters. The second-order valence-corrected chi connectivity index (χ2v) is 5.59. The molecule has 88 valence electrons. The lowest BCUT2D eigenvalue weighted by Gasteiger charge is -2.25. The van der Waals surface area contributed by atoms with Crippen LogP contribution in [0.15, 0.2) is 18.2 Å². The molecule has 0 aliphatic carbocycles. The lowest BCUT2D eigenvalue weighted by Crippen LogP contribution is -2.17. The number of nitrogens with zero attached hydrogens (tertiary/aromatic N) is 2. The summed E-state index contributed by atoms with van der Waals surface area (Å²) in [5.41, 5.74) is 3.11. The average Bonchev–Trinajstić information content (AvgIpc) is 2.57. The van der Waals surface area contributed by atoms with E-state index in [1.165, 1.54) is 0 Å². The van der Waals surface area contributed by atoms with E-state index in [0.717, 1.165) is 31.4 Å². The van der Waals surface area contributed by atoms with Crippen LogP contribution in [0.1, 0.15) is 24.3 Å². The van der Waals surface area contributed by atoms with Crippen LogP contribution in [0.2, 0.25) is 5.02 Å². The Kier molecular flexibility index (Phi) is 2.59. The molecule has 3 rings (SSSR count). The lowest BCUT2D eigenvalue weighted by atomic mass is 10.1. The molecule has 0 bridgehead atoms. The molecule has 1 atom stereocenters. The number of hydrogen-bond acceptors (Lipinski definition) is 2. The van der Waals surface area contributed by atoms with E-state index in [0.29, 0.717) is 0 Å². The Morgan fingerprint density at radius 3 is 3.00 bits per heavy atom. The fourth-order valence-electron chi connectivity index (χ4n) is 2.03. The smallest absolute Gasteiger partial charge is 0.231 e. The second-order valence-electron chi connectivity index (χ2n) is 4.08. The molecule has 0 spiro atoms. The Labute approximate surface area is 118 Å². The van der Waals surface area contributed by atoms with Gasteiger partial charge in [0.2, 0.25) is 5.88 Å². The molecule has 0 radical (unpaired) electrons. The van der Waals surface area contributed by atoms with Crippen LogP contribution < -0.4 is 4.74 Å². The molecule has 0 saturated carbocycles. The fraction of sp³-hybridized carbons (Fsp3) is 0.250. The van der Waals surface area contributed by atoms with Gasteiger partial charge in [-0.15, -0.1) is 0 Å². The van der Waals surface area contributed by atoms with E-state index in [1.54, 1.807) is 0 Å². The van der Waals surface area contributed by atoms with Crippen LogP contribution in [0.25, 0.3) is 5.69 Å². The summed E-state index contributed by atoms with van der Waals surface area (Å²) in [6, 6.07) is 5.81. The molecule has 0 N–H and O–H groups in total. The maximum Gasteiger partial charge on any atom is 0.231 e. The van der Waals surface area contributed by atoms with Crippen molar-refractivity contribution in [1.29, 1.82) is 0 Å². The molecular formula is C12H10ClIN2O. The van der Waals surface area contributed by atoms with Gasteiger partial charge in [-0.1, -0.05) is 11.6 Å². The van der Waals surface area contributed by atoms with E-state index in [4.69, 9.17) is 16.3 Å². The fourth-order valence-corrected chi connectivity index (χ4v) is 2.67. The third-order valence-electron chi connectivity index (χ3n) is 2.89. The van der Waals surface area contributed by atoms with Gasteiger partial charge in [-0.2, -0.15) is 9.78 Å². The first-order chi connectivity index (χ1) is 8.08. The summed E-state index contributed by atoms with van der Waals surface area (Å²) in [6.07, 6.45) is 0.000756. The summed E-state index contributed by atoms with van der Waals surface area (Å²) in [5.74, 6) is 0.824. The Bertz CT molecular complexity index is 609. The molecule has 1 aromatic carbocycles. The maximum absolute atomic E-state index is 6.02. The molecule has 0 saturated heterocycles. The van der Waals surface area contributed by atoms with Gasteiger partial charge >= 0.3 is 0 Å². The van der Waals surface area contributed by atoms with Crippen molar-refractivity contribution in [2.75, 3.05) is 0 Å². The number of rotatable bonds is 0. The van der Waals surface area contributed by atoms with E-state index in [2.05, 4.69) is 27.7 Å². The maximum atomic E-state index is 6.02. The number of hydrogen-bond donors (Lipinski definition) is 0. The largest absolute Gasteiger partial charge is 0.469 e. The zero-order chi connectivity index (χ0) is 12.2. The third-order valence-corrected chi connectivity index (χ3v) is 4.37. The third kappa shape index (κ3) is 1.65. The molecule has 1 aliphatic rings. The number of ether oxygens (including phenoxy) is 1. The van der Waals surface area contributed by atoms with Gasteiger partial charge in [0.25, 0.3) is 0 Å². The van der Waals surface area contributed by atoms with Crippen LogP contribution in [-0.2, 0) is 0 Å². The van der Waals surface area contributed by atoms with E-state index in [1.807, 2.05) is 36.7 Å². The molecule has 3 nitrogen and oxygen atoms in total. The van der Waals surface area contributed by atoms with Crippen molar-refractivity contribution in [1.82, 2.24) is 9.78 Å². The first kappa shape index (κ1) is 11.3. The summed E-state index contributed by atoms with van der Waals surface area (Å²) in [6.45, 7) is 4.01. The van der Waals surface area contributed by atoms with Crippen LogP contribution >= 0.6 is 34.2 Å². The Balaban J connectivity index is 2.30. The zero-order valence-electron chi connectivity index (χ0n) is 9.37. The van der Waals surface area contributed by atoms with Gasteiger partial charge in [0.05, 0.1) is 15.0 Å². The van der Waals surface area contributed by atoms with E-state index in [-0.39, 0.29) is 6.10 Å². The van der Waals surface area contributed by atoms with Gasteiger partial charge in [-0.05, 0) is 54.6 Å². The summed E-state index contributed by atoms with van der Waals surface area (Å²) in [4.78, 5) is 0. The number of fused-ring (bicyclic) bond motifs is 3. The SMILES string of the molecule is Cc1nn2c(c1I)OC(C)c1cc(Cl)ccc1-2. The first-order valence-corrected chi connectivity index (χ1v) is 6.75. The number of aryl methyl sites for hydroxylation is 1. The summed E-state index contributed by atoms with van der Waals surface area (Å²) < 4.78 is 8.81. The Morgan fingerprint density at radius 1 is 1.47 bits per heavy atom. The lowest BCUT2D eigenvalue weighted by molar-refractivity contribution is 0.197. The van der Waals surface area contributed by atoms with Crippen LogP contribution in [0, 0.1) is 10.5 Å². The van der Waals surface area contributed by atoms with Gasteiger partial charge in [0, 0.05) is 10.6 Å². The van der Waals surface area contributed by atoms with Gasteiger partial charge < -0.3 is 4.74 Å². The minimum Gasteiger partial charge on any atom is -0.469 e. The van der Waals surface area contributed by atoms with Crippen molar-refractivity contribution in [3.05, 3.63) is 38.0 Å². The molecule has 1 aromatic heterocycles. The summed E-state index contributed by atoms with van der Waals surface area (Å²) in [5, 5.41) is 5.22. The monoisotopic (exact) mass is 360 g/mol. The van der Waals surface area contributed by atoms with Gasteiger partial charge in [0.1, 0.15) is 6.10 Å². The van der Waals surface area contributed by atoms with Gasteiger partial charge in [0.15, 0.2) is 0 Å². The van der Waals surface area contributed by atoms with Crippen molar-refractivity contribution in [2.24, 2.45) is 0 Å². The highest BCUT2D eigenvalue weighted by Gasteiger charge is 2.27. The highest BCUT2D eigenvalue weighted by molar-refractivity contribution is 14.1. The standard InChI is InChI=1S/C12H10ClIN2O/c1-6-11(14)12-16(15-6)10-4-3-8(13)5-9(10)7(2)17-12/h3-5,7H,1-2H3. The normalized spacial score (nSPS) is 17.3. The topological polar surface area (TPSA) is 27.1 Å². The minimum atomic E-state index is 0.000756. The van der Waals surface area contributed by atoms with Crippen molar-refractivity contribution in [3.63, 3.8) is 0 Å². The van der Waals surface area contributed by atoms with Gasteiger partial charge in [-0.3, -0.25) is 0 Å². The van der Waals surface area contributed by atoms with Crippen molar-refractivity contribution in [3.8, 4) is 11.6 Å². The van der Waals surface area contributed by atoms with Crippen LogP contribution in [-0.4, -0.2) is 9.78 Å². The molecule has 0 amide bonds. The number of aromatic nitrogens is 2. The van der Waals surface area contributed by atoms with Crippen molar-refractivity contribution < 1.29 is 4.74 Å². The highest BCUT2D eigenvalue weighted by Crippen LogP contribution is 2.38. The molecule has 5 heteroatoms. The van der Waals surface area contributed by atoms with Crippen LogP contribution in [0.3, 0.4) is 0 Å². The highest BCUT2D eigenvalue weighted by atomic mass is 127. The predicted octanol–water partition coefficient (Wildman–Crippen LogP) is 3.89. The summed E-state index contributed by atoms with van der Waals surface area (Å²) >= 11 is 8.28. The minimum absolute atomic E-state index is 0.000756. The van der Waals surface area contributed by atoms with Crippen molar-refractivity contribution >= 4 is 34.2 Å². The summed E-state index contributed by atoms with van der Waals surface area (Å²) in [7, 11) is 0. The Hall–Kier alpha value is -0.750. The molecule has 0 fully saturated rings. The quantitative estimate of drug-likeness (QED) is 0.667. The van der Waals surface area contributed by atoms with E-state index < -0.39 is 0 Å². The molecule has 1 aliphatic heterocycles. The molecular weight excluding hydrogens is 351 g/mol. The predicted molar refractivity (Wildman–Crippen MR) is 75.1 cm³/mol. The second kappa shape index (κ2) is 3.88. The number of benzene rings is 1. The molecule has 17 heavy (non-hydrogen) atoms. The Morgan fingerprint density at radius 2 is 2.24 bits per heavy atom. The number of halogens is 2. The van der Waals surface area contributed by atoms with Crippen LogP contribution in [0.5, 0.6) is 5.88 Å². The van der Waals surface area contributed by atoms with E-state index in [9.17, 15) is 0 Å². The van der Waals surface area contributed by atoms with Crippen LogP contribution in [0.4, 0.5) is 0 Å². The molecule has 2 aromatic rings. The zero-order valence-corrected chi connectivity index (χ0v) is 12.3. The van der Waals surface area contributed by atoms with Gasteiger partial charge in [-0.25, -0.2) is 0 Å². The average molecular weight is 361 g/mol. The van der Waals surface area contributed by atoms with E-state index >= 15 is 0 Å².